The number of hydrogen-bond acceptors (Lipinski definition) is 4. The van der Waals surface area contributed by atoms with Crippen LogP contribution in [0.1, 0.15) is 40.5 Å². The predicted octanol–water partition coefficient (Wildman–Crippen LogP) is 1.22. The second-order valence-corrected chi connectivity index (χ2v) is 6.19. The van der Waals surface area contributed by atoms with Crippen LogP contribution in [0, 0.1) is 5.92 Å². The molecule has 0 aromatic heterocycles. The lowest BCUT2D eigenvalue weighted by Crippen LogP contribution is -2.50. The Balaban J connectivity index is 2.49. The summed E-state index contributed by atoms with van der Waals surface area (Å²) >= 11 is 0. The molecule has 22 heavy (non-hydrogen) atoms. The van der Waals surface area contributed by atoms with Crippen molar-refractivity contribution in [1.82, 2.24) is 15.5 Å². The van der Waals surface area contributed by atoms with Gasteiger partial charge in [0.15, 0.2) is 5.96 Å². The zero-order valence-electron chi connectivity index (χ0n) is 14.7. The number of ether oxygens (including phenoxy) is 1. The van der Waals surface area contributed by atoms with Gasteiger partial charge in [-0.1, -0.05) is 6.92 Å². The van der Waals surface area contributed by atoms with Gasteiger partial charge in [-0.05, 0) is 33.6 Å². The molecule has 1 fully saturated rings. The maximum atomic E-state index is 11.4. The molecule has 1 rings (SSSR count). The number of guanidine groups is 1. The van der Waals surface area contributed by atoms with Crippen LogP contribution >= 0.6 is 0 Å². The molecule has 1 saturated heterocycles. The van der Waals surface area contributed by atoms with Crippen LogP contribution in [0.2, 0.25) is 0 Å². The summed E-state index contributed by atoms with van der Waals surface area (Å²) in [5, 5.41) is 6.74. The number of aliphatic imine (C=N–C) groups is 1. The molecule has 0 aromatic carbocycles. The van der Waals surface area contributed by atoms with Crippen LogP contribution in [0.5, 0.6) is 0 Å². The molecule has 0 aliphatic carbocycles. The van der Waals surface area contributed by atoms with E-state index in [2.05, 4.69) is 34.4 Å². The molecule has 6 nitrogen and oxygen atoms in total. The molecule has 1 aliphatic rings. The van der Waals surface area contributed by atoms with Gasteiger partial charge in [-0.2, -0.15) is 0 Å². The van der Waals surface area contributed by atoms with Crippen molar-refractivity contribution in [3.63, 3.8) is 0 Å². The molecule has 0 bridgehead atoms. The van der Waals surface area contributed by atoms with Crippen molar-refractivity contribution >= 4 is 11.9 Å². The van der Waals surface area contributed by atoms with Crippen molar-refractivity contribution < 1.29 is 9.53 Å². The van der Waals surface area contributed by atoms with E-state index in [1.807, 2.05) is 13.8 Å². The van der Waals surface area contributed by atoms with Gasteiger partial charge in [-0.25, -0.2) is 0 Å². The molecule has 2 N–H and O–H groups in total. The fraction of sp³-hybridized carbons (Fsp3) is 0.875. The summed E-state index contributed by atoms with van der Waals surface area (Å²) in [4.78, 5) is 18.4. The van der Waals surface area contributed by atoms with Crippen LogP contribution < -0.4 is 10.6 Å². The molecular formula is C16H32N4O2. The van der Waals surface area contributed by atoms with Crippen molar-refractivity contribution in [3.8, 4) is 0 Å². The normalized spacial score (nSPS) is 19.1. The fourth-order valence-electron chi connectivity index (χ4n) is 2.58. The Morgan fingerprint density at radius 2 is 1.95 bits per heavy atom. The molecule has 128 valence electrons. The van der Waals surface area contributed by atoms with Crippen molar-refractivity contribution in [2.75, 3.05) is 33.3 Å². The van der Waals surface area contributed by atoms with E-state index in [-0.39, 0.29) is 11.9 Å². The third kappa shape index (κ3) is 6.22. The monoisotopic (exact) mass is 312 g/mol. The van der Waals surface area contributed by atoms with E-state index in [0.29, 0.717) is 18.6 Å². The summed E-state index contributed by atoms with van der Waals surface area (Å²) in [6, 6.07) is 1.06. The van der Waals surface area contributed by atoms with Crippen molar-refractivity contribution in [2.45, 2.75) is 52.6 Å². The average Bonchev–Trinajstić information content (AvgIpc) is 2.52. The minimum absolute atomic E-state index is 0.218. The van der Waals surface area contributed by atoms with Crippen LogP contribution in [0.15, 0.2) is 4.99 Å². The maximum absolute atomic E-state index is 11.4. The number of methoxy groups -OCH3 is 1. The van der Waals surface area contributed by atoms with Crippen molar-refractivity contribution in [1.29, 1.82) is 0 Å². The molecule has 6 heteroatoms. The highest BCUT2D eigenvalue weighted by Crippen LogP contribution is 2.12. The Morgan fingerprint density at radius 3 is 2.45 bits per heavy atom. The molecule has 0 amide bonds. The van der Waals surface area contributed by atoms with Crippen LogP contribution in [0.25, 0.3) is 0 Å². The Hall–Kier alpha value is -1.30. The molecule has 0 aromatic rings. The van der Waals surface area contributed by atoms with E-state index >= 15 is 0 Å². The number of nitrogens with zero attached hydrogens (tertiary/aromatic N) is 2. The number of piperidine rings is 1. The van der Waals surface area contributed by atoms with Gasteiger partial charge in [-0.15, -0.1) is 0 Å². The first-order valence-corrected chi connectivity index (χ1v) is 8.34. The minimum Gasteiger partial charge on any atom is -0.469 e. The Kier molecular flexibility index (Phi) is 8.24. The van der Waals surface area contributed by atoms with Crippen LogP contribution in [0.4, 0.5) is 0 Å². The number of esters is 1. The standard InChI is InChI=1S/C16H32N4O2/c1-6-17-16(18-11-13(4)15(21)22-5)19-14-7-9-20(10-8-14)12(2)3/h12-14H,6-11H2,1-5H3,(H2,17,18,19). The quantitative estimate of drug-likeness (QED) is 0.439. The summed E-state index contributed by atoms with van der Waals surface area (Å²) in [7, 11) is 1.41. The van der Waals surface area contributed by atoms with Gasteiger partial charge < -0.3 is 20.3 Å². The van der Waals surface area contributed by atoms with Gasteiger partial charge in [0.1, 0.15) is 0 Å². The summed E-state index contributed by atoms with van der Waals surface area (Å²) in [6.45, 7) is 11.8. The second-order valence-electron chi connectivity index (χ2n) is 6.19. The zero-order chi connectivity index (χ0) is 16.5. The Morgan fingerprint density at radius 1 is 1.32 bits per heavy atom. The molecule has 1 unspecified atom stereocenters. The first kappa shape index (κ1) is 18.7. The van der Waals surface area contributed by atoms with Gasteiger partial charge in [0.05, 0.1) is 19.6 Å². The first-order chi connectivity index (χ1) is 10.5. The Bertz CT molecular complexity index is 363. The lowest BCUT2D eigenvalue weighted by molar-refractivity contribution is -0.144. The lowest BCUT2D eigenvalue weighted by atomic mass is 10.0. The molecule has 0 saturated carbocycles. The molecular weight excluding hydrogens is 280 g/mol. The van der Waals surface area contributed by atoms with E-state index in [1.54, 1.807) is 0 Å². The second kappa shape index (κ2) is 9.66. The topological polar surface area (TPSA) is 66.0 Å². The summed E-state index contributed by atoms with van der Waals surface area (Å²) in [6.07, 6.45) is 2.24. The minimum atomic E-state index is -0.219. The smallest absolute Gasteiger partial charge is 0.310 e. The predicted molar refractivity (Wildman–Crippen MR) is 90.0 cm³/mol. The molecule has 0 spiro atoms. The van der Waals surface area contributed by atoms with E-state index < -0.39 is 0 Å². The number of likely N-dealkylation sites (tertiary alicyclic amines) is 1. The van der Waals surface area contributed by atoms with Crippen molar-refractivity contribution in [2.24, 2.45) is 10.9 Å². The number of rotatable bonds is 6. The van der Waals surface area contributed by atoms with E-state index in [1.165, 1.54) is 7.11 Å². The first-order valence-electron chi connectivity index (χ1n) is 8.34. The molecule has 1 heterocycles. The number of carbonyl (C=O) groups is 1. The fourth-order valence-corrected chi connectivity index (χ4v) is 2.58. The molecule has 1 atom stereocenters. The van der Waals surface area contributed by atoms with Crippen LogP contribution in [-0.2, 0) is 9.53 Å². The number of nitrogens with one attached hydrogen (secondary N) is 2. The Labute approximate surface area is 134 Å². The van der Waals surface area contributed by atoms with Crippen molar-refractivity contribution in [3.05, 3.63) is 0 Å². The van der Waals surface area contributed by atoms with E-state index in [0.717, 1.165) is 38.4 Å². The molecule has 1 aliphatic heterocycles. The average molecular weight is 312 g/mol. The van der Waals surface area contributed by atoms with Gasteiger partial charge in [0.25, 0.3) is 0 Å². The van der Waals surface area contributed by atoms with Gasteiger partial charge in [0, 0.05) is 31.7 Å². The maximum Gasteiger partial charge on any atom is 0.310 e. The number of carbonyl (C=O) groups excluding carboxylic acids is 1. The SMILES string of the molecule is CCNC(=NCC(C)C(=O)OC)NC1CCN(C(C)C)CC1. The summed E-state index contributed by atoms with van der Waals surface area (Å²) in [5.41, 5.74) is 0. The lowest BCUT2D eigenvalue weighted by Gasteiger charge is -2.35. The van der Waals surface area contributed by atoms with Gasteiger partial charge in [0.2, 0.25) is 0 Å². The highest BCUT2D eigenvalue weighted by Gasteiger charge is 2.21. The zero-order valence-corrected chi connectivity index (χ0v) is 14.7. The largest absolute Gasteiger partial charge is 0.469 e. The highest BCUT2D eigenvalue weighted by atomic mass is 16.5. The summed E-state index contributed by atoms with van der Waals surface area (Å²) < 4.78 is 4.73. The van der Waals surface area contributed by atoms with Gasteiger partial charge >= 0.3 is 5.97 Å². The highest BCUT2D eigenvalue weighted by molar-refractivity contribution is 5.80. The number of hydrogen-bond donors (Lipinski definition) is 2. The van der Waals surface area contributed by atoms with Crippen LogP contribution in [-0.4, -0.2) is 62.2 Å². The van der Waals surface area contributed by atoms with E-state index in [9.17, 15) is 4.79 Å². The van der Waals surface area contributed by atoms with Crippen LogP contribution in [0.3, 0.4) is 0 Å². The van der Waals surface area contributed by atoms with Gasteiger partial charge in [-0.3, -0.25) is 9.79 Å². The summed E-state index contributed by atoms with van der Waals surface area (Å²) in [5.74, 6) is 0.356. The third-order valence-corrected chi connectivity index (χ3v) is 4.07. The van der Waals surface area contributed by atoms with E-state index in [4.69, 9.17) is 4.74 Å². The third-order valence-electron chi connectivity index (χ3n) is 4.07. The molecule has 0 radical (unpaired) electrons.